The molecule has 8 heteroatoms. The minimum absolute atomic E-state index is 0.238. The van der Waals surface area contributed by atoms with Gasteiger partial charge in [0.05, 0.1) is 5.56 Å². The molecule has 24 heavy (non-hydrogen) atoms. The van der Waals surface area contributed by atoms with E-state index in [4.69, 9.17) is 0 Å². The molecule has 0 aliphatic carbocycles. The fourth-order valence-corrected chi connectivity index (χ4v) is 2.74. The van der Waals surface area contributed by atoms with Crippen LogP contribution in [0.3, 0.4) is 0 Å². The van der Waals surface area contributed by atoms with E-state index in [1.165, 1.54) is 16.2 Å². The lowest BCUT2D eigenvalue weighted by Gasteiger charge is -2.27. The Bertz CT molecular complexity index is 908. The molecule has 0 spiro atoms. The van der Waals surface area contributed by atoms with Crippen LogP contribution in [0, 0.1) is 0 Å². The Hall–Kier alpha value is -3.29. The molecule has 2 amide bonds. The van der Waals surface area contributed by atoms with Crippen LogP contribution in [0.15, 0.2) is 47.4 Å². The zero-order valence-corrected chi connectivity index (χ0v) is 12.6. The van der Waals surface area contributed by atoms with E-state index in [2.05, 4.69) is 19.9 Å². The molecule has 8 nitrogen and oxygen atoms in total. The third-order valence-corrected chi connectivity index (χ3v) is 3.91. The molecular weight excluding hydrogens is 310 g/mol. The Morgan fingerprint density at radius 1 is 0.958 bits per heavy atom. The average Bonchev–Trinajstić information content (AvgIpc) is 3.29. The highest BCUT2D eigenvalue weighted by Crippen LogP contribution is 2.20. The number of benzene rings is 1. The highest BCUT2D eigenvalue weighted by molar-refractivity contribution is 6.00. The normalized spacial score (nSPS) is 14.3. The van der Waals surface area contributed by atoms with E-state index in [0.29, 0.717) is 35.2 Å². The zero-order valence-electron chi connectivity index (χ0n) is 12.6. The van der Waals surface area contributed by atoms with Crippen LogP contribution in [0.2, 0.25) is 0 Å². The number of pyridine rings is 1. The second kappa shape index (κ2) is 5.73. The Kier molecular flexibility index (Phi) is 3.42. The molecule has 3 aromatic rings. The molecule has 0 saturated carbocycles. The summed E-state index contributed by atoms with van der Waals surface area (Å²) in [5, 5.41) is 10.4. The lowest BCUT2D eigenvalue weighted by Crippen LogP contribution is -2.44. The first-order valence-electron chi connectivity index (χ1n) is 7.50. The Labute approximate surface area is 136 Å². The third-order valence-electron chi connectivity index (χ3n) is 3.91. The number of aromatic nitrogens is 3. The van der Waals surface area contributed by atoms with Crippen molar-refractivity contribution in [1.29, 1.82) is 0 Å². The fourth-order valence-electron chi connectivity index (χ4n) is 2.74. The molecule has 0 radical (unpaired) electrons. The van der Waals surface area contributed by atoms with Crippen molar-refractivity contribution in [3.63, 3.8) is 0 Å². The summed E-state index contributed by atoms with van der Waals surface area (Å²) in [6.07, 6.45) is 3.83. The van der Waals surface area contributed by atoms with Gasteiger partial charge in [-0.05, 0) is 47.1 Å². The number of hydrogen-bond donors (Lipinski definition) is 0. The molecule has 1 aromatic carbocycles. The molecule has 1 aliphatic rings. The van der Waals surface area contributed by atoms with Gasteiger partial charge in [-0.15, -0.1) is 0 Å². The molecule has 3 heterocycles. The maximum absolute atomic E-state index is 12.8. The van der Waals surface area contributed by atoms with Gasteiger partial charge < -0.3 is 0 Å². The highest BCUT2D eigenvalue weighted by Gasteiger charge is 2.32. The van der Waals surface area contributed by atoms with Crippen LogP contribution in [0.5, 0.6) is 0 Å². The Balaban J connectivity index is 1.62. The first kappa shape index (κ1) is 14.3. The van der Waals surface area contributed by atoms with Crippen LogP contribution in [0.1, 0.15) is 27.1 Å². The summed E-state index contributed by atoms with van der Waals surface area (Å²) in [6.45, 7) is 0.979. The minimum Gasteiger partial charge on any atom is -0.267 e. The summed E-state index contributed by atoms with van der Waals surface area (Å²) in [5.41, 5.74) is 1.97. The van der Waals surface area contributed by atoms with E-state index in [9.17, 15) is 9.59 Å². The summed E-state index contributed by atoms with van der Waals surface area (Å²) in [4.78, 5) is 29.4. The molecule has 0 bridgehead atoms. The molecule has 4 rings (SSSR count). The van der Waals surface area contributed by atoms with Gasteiger partial charge in [-0.1, -0.05) is 0 Å². The van der Waals surface area contributed by atoms with Crippen molar-refractivity contribution in [2.45, 2.75) is 6.42 Å². The van der Waals surface area contributed by atoms with E-state index in [1.807, 2.05) is 0 Å². The molecule has 1 fully saturated rings. The number of fused-ring (bicyclic) bond motifs is 1. The van der Waals surface area contributed by atoms with Gasteiger partial charge in [0.15, 0.2) is 0 Å². The van der Waals surface area contributed by atoms with Gasteiger partial charge in [-0.3, -0.25) is 14.6 Å². The quantitative estimate of drug-likeness (QED) is 0.710. The molecule has 120 valence electrons. The van der Waals surface area contributed by atoms with E-state index in [1.54, 1.807) is 36.5 Å². The van der Waals surface area contributed by atoms with Gasteiger partial charge in [0, 0.05) is 31.0 Å². The van der Waals surface area contributed by atoms with E-state index >= 15 is 0 Å². The molecule has 0 unspecified atom stereocenters. The number of hydrogen-bond acceptors (Lipinski definition) is 6. The van der Waals surface area contributed by atoms with Crippen LogP contribution in [-0.2, 0) is 0 Å². The van der Waals surface area contributed by atoms with Crippen LogP contribution in [0.4, 0.5) is 0 Å². The van der Waals surface area contributed by atoms with Gasteiger partial charge in [0.2, 0.25) is 0 Å². The summed E-state index contributed by atoms with van der Waals surface area (Å²) < 4.78 is 4.65. The number of carbonyl (C=O) groups excluding carboxylic acids is 2. The first-order chi connectivity index (χ1) is 11.7. The van der Waals surface area contributed by atoms with Crippen LogP contribution in [-0.4, -0.2) is 50.2 Å². The van der Waals surface area contributed by atoms with Gasteiger partial charge >= 0.3 is 0 Å². The van der Waals surface area contributed by atoms with E-state index in [0.717, 1.165) is 6.42 Å². The summed E-state index contributed by atoms with van der Waals surface area (Å²) in [7, 11) is 0. The predicted octanol–water partition coefficient (Wildman–Crippen LogP) is 1.52. The van der Waals surface area contributed by atoms with Crippen molar-refractivity contribution >= 4 is 22.8 Å². The van der Waals surface area contributed by atoms with Crippen LogP contribution < -0.4 is 0 Å². The number of amides is 2. The maximum atomic E-state index is 12.8. The van der Waals surface area contributed by atoms with Gasteiger partial charge in [-0.2, -0.15) is 0 Å². The second-order valence-electron chi connectivity index (χ2n) is 5.42. The number of carbonyl (C=O) groups is 2. The molecule has 1 saturated heterocycles. The smallest absolute Gasteiger partial charge is 0.267 e. The Morgan fingerprint density at radius 2 is 1.71 bits per heavy atom. The number of nitrogens with zero attached hydrogens (tertiary/aromatic N) is 5. The largest absolute Gasteiger partial charge is 0.274 e. The third kappa shape index (κ3) is 2.37. The van der Waals surface area contributed by atoms with Crippen molar-refractivity contribution in [3.05, 3.63) is 53.9 Å². The lowest BCUT2D eigenvalue weighted by atomic mass is 10.2. The molecule has 1 aliphatic heterocycles. The molecule has 0 N–H and O–H groups in total. The fraction of sp³-hybridized carbons (Fsp3) is 0.188. The first-order valence-corrected chi connectivity index (χ1v) is 7.50. The summed E-state index contributed by atoms with van der Waals surface area (Å²) in [6, 6.07) is 8.31. The maximum Gasteiger partial charge on any atom is 0.274 e. The van der Waals surface area contributed by atoms with Crippen molar-refractivity contribution in [1.82, 2.24) is 25.3 Å². The van der Waals surface area contributed by atoms with Crippen molar-refractivity contribution in [3.8, 4) is 0 Å². The monoisotopic (exact) mass is 323 g/mol. The number of hydrazine groups is 1. The van der Waals surface area contributed by atoms with Gasteiger partial charge in [0.1, 0.15) is 11.0 Å². The average molecular weight is 323 g/mol. The second-order valence-corrected chi connectivity index (χ2v) is 5.42. The summed E-state index contributed by atoms with van der Waals surface area (Å²) >= 11 is 0. The van der Waals surface area contributed by atoms with E-state index < -0.39 is 0 Å². The molecular formula is C16H13N5O3. The molecule has 0 atom stereocenters. The predicted molar refractivity (Wildman–Crippen MR) is 82.7 cm³/mol. The van der Waals surface area contributed by atoms with Gasteiger partial charge in [-0.25, -0.2) is 14.6 Å². The van der Waals surface area contributed by atoms with Crippen LogP contribution in [0.25, 0.3) is 11.0 Å². The van der Waals surface area contributed by atoms with Crippen molar-refractivity contribution in [2.75, 3.05) is 13.1 Å². The van der Waals surface area contributed by atoms with Crippen LogP contribution >= 0.6 is 0 Å². The SMILES string of the molecule is O=C(c1cccnc1)N1CCCN1C(=O)c1ccc2nonc2c1. The topological polar surface area (TPSA) is 92.4 Å². The van der Waals surface area contributed by atoms with Gasteiger partial charge in [0.25, 0.3) is 11.8 Å². The summed E-state index contributed by atoms with van der Waals surface area (Å²) in [5.74, 6) is -0.493. The minimum atomic E-state index is -0.255. The molecule has 2 aromatic heterocycles. The highest BCUT2D eigenvalue weighted by atomic mass is 16.6. The van der Waals surface area contributed by atoms with E-state index in [-0.39, 0.29) is 11.8 Å². The number of rotatable bonds is 2. The standard InChI is InChI=1S/C16H13N5O3/c22-15(11-4-5-13-14(9-11)19-24-18-13)20-7-2-8-21(20)16(23)12-3-1-6-17-10-12/h1,3-6,9-10H,2,7-8H2. The van der Waals surface area contributed by atoms with Crippen molar-refractivity contribution in [2.24, 2.45) is 0 Å². The lowest BCUT2D eigenvalue weighted by molar-refractivity contribution is 0.0186. The Morgan fingerprint density at radius 3 is 2.46 bits per heavy atom. The zero-order chi connectivity index (χ0) is 16.5. The van der Waals surface area contributed by atoms with Crippen molar-refractivity contribution < 1.29 is 14.2 Å².